The van der Waals surface area contributed by atoms with Crippen molar-refractivity contribution in [2.75, 3.05) is 5.32 Å². The van der Waals surface area contributed by atoms with E-state index >= 15 is 0 Å². The molecule has 0 unspecified atom stereocenters. The van der Waals surface area contributed by atoms with Crippen LogP contribution in [-0.2, 0) is 13.0 Å². The first-order valence-corrected chi connectivity index (χ1v) is 8.51. The summed E-state index contributed by atoms with van der Waals surface area (Å²) in [5.41, 5.74) is 3.52. The van der Waals surface area contributed by atoms with Crippen LogP contribution in [0.4, 0.5) is 10.5 Å². The van der Waals surface area contributed by atoms with Crippen LogP contribution in [0.1, 0.15) is 42.3 Å². The van der Waals surface area contributed by atoms with E-state index in [0.717, 1.165) is 17.7 Å². The third-order valence-electron chi connectivity index (χ3n) is 3.71. The summed E-state index contributed by atoms with van der Waals surface area (Å²) in [5, 5.41) is 8.42. The van der Waals surface area contributed by atoms with E-state index < -0.39 is 0 Å². The molecule has 0 spiro atoms. The van der Waals surface area contributed by atoms with Crippen molar-refractivity contribution in [1.82, 2.24) is 10.6 Å². The number of carbonyl (C=O) groups is 2. The van der Waals surface area contributed by atoms with Crippen LogP contribution in [-0.4, -0.2) is 18.0 Å². The quantitative estimate of drug-likeness (QED) is 0.751. The number of benzene rings is 2. The molecule has 2 rings (SSSR count). The van der Waals surface area contributed by atoms with Crippen LogP contribution in [0.2, 0.25) is 0 Å². The van der Waals surface area contributed by atoms with E-state index in [1.54, 1.807) is 12.1 Å². The minimum Gasteiger partial charge on any atom is -0.336 e. The molecule has 2 aromatic rings. The van der Waals surface area contributed by atoms with E-state index in [9.17, 15) is 9.59 Å². The van der Waals surface area contributed by atoms with Gasteiger partial charge in [0, 0.05) is 23.8 Å². The number of hydrogen-bond acceptors (Lipinski definition) is 2. The zero-order valence-electron chi connectivity index (χ0n) is 14.9. The van der Waals surface area contributed by atoms with Crippen molar-refractivity contribution in [2.24, 2.45) is 0 Å². The highest BCUT2D eigenvalue weighted by Gasteiger charge is 2.07. The van der Waals surface area contributed by atoms with Gasteiger partial charge in [0.1, 0.15) is 0 Å². The Morgan fingerprint density at radius 3 is 2.08 bits per heavy atom. The molecular weight excluding hydrogens is 314 g/mol. The number of carbonyl (C=O) groups excluding carboxylic acids is 2. The van der Waals surface area contributed by atoms with Gasteiger partial charge >= 0.3 is 6.03 Å². The first kappa shape index (κ1) is 18.5. The van der Waals surface area contributed by atoms with Gasteiger partial charge in [-0.15, -0.1) is 0 Å². The van der Waals surface area contributed by atoms with Crippen molar-refractivity contribution in [2.45, 2.75) is 39.8 Å². The predicted octanol–water partition coefficient (Wildman–Crippen LogP) is 3.71. The Bertz CT molecular complexity index is 707. The van der Waals surface area contributed by atoms with E-state index in [1.807, 2.05) is 50.2 Å². The molecule has 132 valence electrons. The van der Waals surface area contributed by atoms with Crippen LogP contribution in [0.15, 0.2) is 48.5 Å². The third kappa shape index (κ3) is 5.95. The molecule has 0 heterocycles. The highest BCUT2D eigenvalue weighted by atomic mass is 16.2. The number of aryl methyl sites for hydroxylation is 1. The number of rotatable bonds is 6. The van der Waals surface area contributed by atoms with Crippen LogP contribution >= 0.6 is 0 Å². The van der Waals surface area contributed by atoms with E-state index in [0.29, 0.717) is 12.1 Å². The molecule has 0 bridgehead atoms. The smallest absolute Gasteiger partial charge is 0.315 e. The first-order chi connectivity index (χ1) is 12.0. The summed E-state index contributed by atoms with van der Waals surface area (Å²) >= 11 is 0. The van der Waals surface area contributed by atoms with Crippen molar-refractivity contribution in [1.29, 1.82) is 0 Å². The Labute approximate surface area is 148 Å². The van der Waals surface area contributed by atoms with Crippen LogP contribution in [0.25, 0.3) is 0 Å². The van der Waals surface area contributed by atoms with Crippen molar-refractivity contribution >= 4 is 17.6 Å². The second-order valence-corrected chi connectivity index (χ2v) is 6.18. The van der Waals surface area contributed by atoms with Gasteiger partial charge in [-0.1, -0.05) is 31.2 Å². The second kappa shape index (κ2) is 8.87. The lowest BCUT2D eigenvalue weighted by Gasteiger charge is -2.10. The number of urea groups is 1. The summed E-state index contributed by atoms with van der Waals surface area (Å²) in [4.78, 5) is 23.8. The van der Waals surface area contributed by atoms with Crippen LogP contribution in [0.3, 0.4) is 0 Å². The van der Waals surface area contributed by atoms with Gasteiger partial charge in [0.15, 0.2) is 0 Å². The second-order valence-electron chi connectivity index (χ2n) is 6.18. The van der Waals surface area contributed by atoms with E-state index in [4.69, 9.17) is 0 Å². The molecule has 0 aliphatic rings. The zero-order valence-corrected chi connectivity index (χ0v) is 14.9. The average molecular weight is 339 g/mol. The number of nitrogens with one attached hydrogen (secondary N) is 3. The molecule has 0 aliphatic heterocycles. The molecule has 0 atom stereocenters. The van der Waals surface area contributed by atoms with E-state index in [2.05, 4.69) is 22.9 Å². The number of hydrogen-bond donors (Lipinski definition) is 3. The number of anilines is 1. The summed E-state index contributed by atoms with van der Waals surface area (Å²) in [6.45, 7) is 6.32. The van der Waals surface area contributed by atoms with E-state index in [-0.39, 0.29) is 18.0 Å². The zero-order chi connectivity index (χ0) is 18.2. The Morgan fingerprint density at radius 1 is 0.920 bits per heavy atom. The van der Waals surface area contributed by atoms with Crippen molar-refractivity contribution < 1.29 is 9.59 Å². The molecule has 0 radical (unpaired) electrons. The minimum atomic E-state index is -0.202. The maximum absolute atomic E-state index is 12.3. The topological polar surface area (TPSA) is 70.2 Å². The molecule has 5 heteroatoms. The average Bonchev–Trinajstić information content (AvgIpc) is 2.60. The summed E-state index contributed by atoms with van der Waals surface area (Å²) in [6, 6.07) is 14.9. The van der Waals surface area contributed by atoms with E-state index in [1.165, 1.54) is 5.56 Å². The molecule has 0 aliphatic carbocycles. The molecule has 0 saturated carbocycles. The maximum Gasteiger partial charge on any atom is 0.315 e. The Hall–Kier alpha value is -2.82. The Morgan fingerprint density at radius 2 is 1.52 bits per heavy atom. The number of amides is 3. The summed E-state index contributed by atoms with van der Waals surface area (Å²) in [6.07, 6.45) is 0.971. The van der Waals surface area contributed by atoms with Crippen LogP contribution in [0, 0.1) is 0 Å². The van der Waals surface area contributed by atoms with Crippen LogP contribution in [0.5, 0.6) is 0 Å². The fourth-order valence-corrected chi connectivity index (χ4v) is 2.30. The van der Waals surface area contributed by atoms with Gasteiger partial charge in [0.25, 0.3) is 5.91 Å². The minimum absolute atomic E-state index is 0.0949. The molecule has 2 aromatic carbocycles. The molecule has 0 saturated heterocycles. The van der Waals surface area contributed by atoms with Gasteiger partial charge < -0.3 is 16.0 Å². The summed E-state index contributed by atoms with van der Waals surface area (Å²) in [7, 11) is 0. The van der Waals surface area contributed by atoms with Crippen molar-refractivity contribution in [3.8, 4) is 0 Å². The Kier molecular flexibility index (Phi) is 6.57. The fourth-order valence-electron chi connectivity index (χ4n) is 2.30. The lowest BCUT2D eigenvalue weighted by atomic mass is 10.1. The monoisotopic (exact) mass is 339 g/mol. The summed E-state index contributed by atoms with van der Waals surface area (Å²) < 4.78 is 0. The SMILES string of the molecule is CCc1ccc(NC(=O)c2ccc(CNC(=O)NC(C)C)cc2)cc1. The molecule has 0 aromatic heterocycles. The molecule has 25 heavy (non-hydrogen) atoms. The van der Waals surface area contributed by atoms with Crippen molar-refractivity contribution in [3.05, 3.63) is 65.2 Å². The highest BCUT2D eigenvalue weighted by molar-refractivity contribution is 6.04. The van der Waals surface area contributed by atoms with Crippen molar-refractivity contribution in [3.63, 3.8) is 0 Å². The molecular formula is C20H25N3O2. The normalized spacial score (nSPS) is 10.4. The van der Waals surface area contributed by atoms with Gasteiger partial charge in [0.05, 0.1) is 0 Å². The van der Waals surface area contributed by atoms with Gasteiger partial charge in [-0.2, -0.15) is 0 Å². The molecule has 0 fully saturated rings. The molecule has 3 N–H and O–H groups in total. The Balaban J connectivity index is 1.89. The largest absolute Gasteiger partial charge is 0.336 e. The highest BCUT2D eigenvalue weighted by Crippen LogP contribution is 2.12. The van der Waals surface area contributed by atoms with Crippen LogP contribution < -0.4 is 16.0 Å². The maximum atomic E-state index is 12.3. The fraction of sp³-hybridized carbons (Fsp3) is 0.300. The van der Waals surface area contributed by atoms with Gasteiger partial charge in [-0.25, -0.2) is 4.79 Å². The summed E-state index contributed by atoms with van der Waals surface area (Å²) in [5.74, 6) is -0.152. The first-order valence-electron chi connectivity index (χ1n) is 8.51. The standard InChI is InChI=1S/C20H25N3O2/c1-4-15-7-11-18(12-8-15)23-19(24)17-9-5-16(6-10-17)13-21-20(25)22-14(2)3/h5-12,14H,4,13H2,1-3H3,(H,23,24)(H2,21,22,25). The molecule has 3 amide bonds. The molecule has 5 nitrogen and oxygen atoms in total. The van der Waals surface area contributed by atoms with Gasteiger partial charge in [-0.3, -0.25) is 4.79 Å². The van der Waals surface area contributed by atoms with Gasteiger partial charge in [0.2, 0.25) is 0 Å². The van der Waals surface area contributed by atoms with Gasteiger partial charge in [-0.05, 0) is 55.7 Å². The predicted molar refractivity (Wildman–Crippen MR) is 101 cm³/mol. The lowest BCUT2D eigenvalue weighted by molar-refractivity contribution is 0.102. The lowest BCUT2D eigenvalue weighted by Crippen LogP contribution is -2.39. The third-order valence-corrected chi connectivity index (χ3v) is 3.71.